The van der Waals surface area contributed by atoms with Gasteiger partial charge in [0, 0.05) is 37.7 Å². The van der Waals surface area contributed by atoms with E-state index in [-0.39, 0.29) is 23.6 Å². The molecule has 1 aromatic rings. The highest BCUT2D eigenvalue weighted by Crippen LogP contribution is 2.27. The van der Waals surface area contributed by atoms with Crippen molar-refractivity contribution < 1.29 is 4.79 Å². The summed E-state index contributed by atoms with van der Waals surface area (Å²) < 4.78 is 1.64. The van der Waals surface area contributed by atoms with E-state index in [9.17, 15) is 9.59 Å². The monoisotopic (exact) mass is 330 g/mol. The fraction of sp³-hybridized carbons (Fsp3) is 0.722. The van der Waals surface area contributed by atoms with Crippen LogP contribution in [0.25, 0.3) is 0 Å². The SMILES string of the molecule is CC(C)N1CCC(N2CC(Cn3nc4c(cc3=O)CCC4)C2)C1=O. The smallest absolute Gasteiger partial charge is 0.267 e. The molecule has 2 aliphatic heterocycles. The lowest BCUT2D eigenvalue weighted by Gasteiger charge is -2.42. The summed E-state index contributed by atoms with van der Waals surface area (Å²) in [4.78, 5) is 28.9. The van der Waals surface area contributed by atoms with Crippen LogP contribution in [0.15, 0.2) is 10.9 Å². The molecule has 6 heteroatoms. The minimum absolute atomic E-state index is 0.0250. The molecule has 2 fully saturated rings. The normalized spacial score (nSPS) is 24.7. The van der Waals surface area contributed by atoms with E-state index in [2.05, 4.69) is 23.8 Å². The van der Waals surface area contributed by atoms with E-state index in [1.807, 2.05) is 4.90 Å². The molecule has 0 bridgehead atoms. The maximum absolute atomic E-state index is 12.4. The molecule has 0 N–H and O–H groups in total. The first-order valence-electron chi connectivity index (χ1n) is 9.17. The van der Waals surface area contributed by atoms with Gasteiger partial charge in [-0.2, -0.15) is 5.10 Å². The second-order valence-electron chi connectivity index (χ2n) is 7.74. The highest BCUT2D eigenvalue weighted by Gasteiger charge is 2.42. The number of hydrogen-bond donors (Lipinski definition) is 0. The van der Waals surface area contributed by atoms with Gasteiger partial charge in [0.2, 0.25) is 5.91 Å². The molecule has 0 spiro atoms. The highest BCUT2D eigenvalue weighted by molar-refractivity contribution is 5.84. The van der Waals surface area contributed by atoms with Gasteiger partial charge in [0.25, 0.3) is 5.56 Å². The predicted octanol–water partition coefficient (Wildman–Crippen LogP) is 0.673. The fourth-order valence-electron chi connectivity index (χ4n) is 4.33. The van der Waals surface area contributed by atoms with E-state index in [0.29, 0.717) is 12.5 Å². The van der Waals surface area contributed by atoms with E-state index < -0.39 is 0 Å². The standard InChI is InChI=1S/C18H26N4O2/c1-12(2)21-7-6-16(18(21)24)20-9-13(10-20)11-22-17(23)8-14-4-3-5-15(14)19-22/h8,12-13,16H,3-7,9-11H2,1-2H3. The molecule has 1 atom stereocenters. The maximum Gasteiger partial charge on any atom is 0.267 e. The Morgan fingerprint density at radius 2 is 2.04 bits per heavy atom. The van der Waals surface area contributed by atoms with Gasteiger partial charge in [-0.15, -0.1) is 0 Å². The van der Waals surface area contributed by atoms with Gasteiger partial charge in [0.05, 0.1) is 18.3 Å². The molecule has 3 aliphatic rings. The molecule has 130 valence electrons. The number of amides is 1. The Morgan fingerprint density at radius 3 is 2.75 bits per heavy atom. The molecule has 1 aliphatic carbocycles. The van der Waals surface area contributed by atoms with Gasteiger partial charge in [0.15, 0.2) is 0 Å². The van der Waals surface area contributed by atoms with Crippen LogP contribution in [0.5, 0.6) is 0 Å². The summed E-state index contributed by atoms with van der Waals surface area (Å²) >= 11 is 0. The molecular weight excluding hydrogens is 304 g/mol. The first kappa shape index (κ1) is 15.8. The first-order valence-corrected chi connectivity index (χ1v) is 9.17. The van der Waals surface area contributed by atoms with Crippen LogP contribution in [0.3, 0.4) is 0 Å². The Labute approximate surface area is 142 Å². The third-order valence-corrected chi connectivity index (χ3v) is 5.72. The van der Waals surface area contributed by atoms with E-state index in [0.717, 1.165) is 56.6 Å². The zero-order valence-corrected chi connectivity index (χ0v) is 14.6. The fourth-order valence-corrected chi connectivity index (χ4v) is 4.33. The van der Waals surface area contributed by atoms with Crippen LogP contribution < -0.4 is 5.56 Å². The summed E-state index contributed by atoms with van der Waals surface area (Å²) in [6, 6.07) is 2.11. The van der Waals surface area contributed by atoms with Gasteiger partial charge in [-0.3, -0.25) is 14.5 Å². The second-order valence-corrected chi connectivity index (χ2v) is 7.74. The number of likely N-dealkylation sites (tertiary alicyclic amines) is 2. The average molecular weight is 330 g/mol. The van der Waals surface area contributed by atoms with Crippen molar-refractivity contribution in [3.8, 4) is 0 Å². The molecule has 0 saturated carbocycles. The van der Waals surface area contributed by atoms with Crippen molar-refractivity contribution in [2.45, 2.75) is 58.2 Å². The number of aromatic nitrogens is 2. The van der Waals surface area contributed by atoms with E-state index in [1.54, 1.807) is 10.7 Å². The molecule has 4 rings (SSSR count). The van der Waals surface area contributed by atoms with Crippen LogP contribution >= 0.6 is 0 Å². The Bertz CT molecular complexity index is 705. The number of fused-ring (bicyclic) bond motifs is 1. The van der Waals surface area contributed by atoms with Crippen molar-refractivity contribution in [1.82, 2.24) is 19.6 Å². The van der Waals surface area contributed by atoms with Crippen molar-refractivity contribution in [1.29, 1.82) is 0 Å². The number of rotatable bonds is 4. The molecule has 24 heavy (non-hydrogen) atoms. The summed E-state index contributed by atoms with van der Waals surface area (Å²) in [5.41, 5.74) is 2.26. The van der Waals surface area contributed by atoms with Gasteiger partial charge in [-0.05, 0) is 45.1 Å². The summed E-state index contributed by atoms with van der Waals surface area (Å²) in [7, 11) is 0. The average Bonchev–Trinajstić information content (AvgIpc) is 3.08. The number of nitrogens with zero attached hydrogens (tertiary/aromatic N) is 4. The lowest BCUT2D eigenvalue weighted by Crippen LogP contribution is -2.56. The van der Waals surface area contributed by atoms with Crippen LogP contribution in [0.2, 0.25) is 0 Å². The van der Waals surface area contributed by atoms with E-state index in [1.165, 1.54) is 0 Å². The molecule has 1 unspecified atom stereocenters. The number of aryl methyl sites for hydroxylation is 2. The minimum Gasteiger partial charge on any atom is -0.339 e. The van der Waals surface area contributed by atoms with Crippen molar-refractivity contribution >= 4 is 5.91 Å². The maximum atomic E-state index is 12.4. The van der Waals surface area contributed by atoms with Crippen molar-refractivity contribution in [3.63, 3.8) is 0 Å². The zero-order chi connectivity index (χ0) is 16.8. The van der Waals surface area contributed by atoms with E-state index >= 15 is 0 Å². The Balaban J connectivity index is 1.36. The van der Waals surface area contributed by atoms with Crippen molar-refractivity contribution in [2.75, 3.05) is 19.6 Å². The first-order chi connectivity index (χ1) is 11.5. The zero-order valence-electron chi connectivity index (χ0n) is 14.6. The van der Waals surface area contributed by atoms with Crippen LogP contribution in [-0.2, 0) is 24.2 Å². The minimum atomic E-state index is 0.0250. The van der Waals surface area contributed by atoms with Gasteiger partial charge in [-0.25, -0.2) is 4.68 Å². The summed E-state index contributed by atoms with van der Waals surface area (Å²) in [5, 5.41) is 4.56. The predicted molar refractivity (Wildman–Crippen MR) is 90.8 cm³/mol. The van der Waals surface area contributed by atoms with Crippen LogP contribution in [0.1, 0.15) is 37.9 Å². The number of hydrogen-bond acceptors (Lipinski definition) is 4. The van der Waals surface area contributed by atoms with Gasteiger partial charge in [0.1, 0.15) is 0 Å². The summed E-state index contributed by atoms with van der Waals surface area (Å²) in [6.07, 6.45) is 4.03. The van der Waals surface area contributed by atoms with Crippen LogP contribution in [0.4, 0.5) is 0 Å². The topological polar surface area (TPSA) is 58.4 Å². The highest BCUT2D eigenvalue weighted by atomic mass is 16.2. The van der Waals surface area contributed by atoms with E-state index in [4.69, 9.17) is 0 Å². The molecule has 2 saturated heterocycles. The molecule has 1 amide bonds. The molecule has 0 radical (unpaired) electrons. The quantitative estimate of drug-likeness (QED) is 0.814. The van der Waals surface area contributed by atoms with Crippen LogP contribution in [0, 0.1) is 5.92 Å². The largest absolute Gasteiger partial charge is 0.339 e. The van der Waals surface area contributed by atoms with Gasteiger partial charge >= 0.3 is 0 Å². The lowest BCUT2D eigenvalue weighted by atomic mass is 9.97. The summed E-state index contributed by atoms with van der Waals surface area (Å²) in [5.74, 6) is 0.701. The molecule has 1 aromatic heterocycles. The lowest BCUT2D eigenvalue weighted by molar-refractivity contribution is -0.135. The van der Waals surface area contributed by atoms with Crippen molar-refractivity contribution in [3.05, 3.63) is 27.7 Å². The number of carbonyl (C=O) groups is 1. The molecular formula is C18H26N4O2. The molecule has 3 heterocycles. The Morgan fingerprint density at radius 1 is 1.25 bits per heavy atom. The third kappa shape index (κ3) is 2.66. The Hall–Kier alpha value is -1.69. The van der Waals surface area contributed by atoms with Gasteiger partial charge < -0.3 is 4.90 Å². The van der Waals surface area contributed by atoms with Crippen LogP contribution in [-0.4, -0.2) is 57.2 Å². The number of carbonyl (C=O) groups excluding carboxylic acids is 1. The van der Waals surface area contributed by atoms with Crippen molar-refractivity contribution in [2.24, 2.45) is 5.92 Å². The second kappa shape index (κ2) is 5.99. The molecule has 6 nitrogen and oxygen atoms in total. The van der Waals surface area contributed by atoms with Gasteiger partial charge in [-0.1, -0.05) is 0 Å². The third-order valence-electron chi connectivity index (χ3n) is 5.72. The summed E-state index contributed by atoms with van der Waals surface area (Å²) in [6.45, 7) is 7.49. The Kier molecular flexibility index (Phi) is 3.95. The molecule has 0 aromatic carbocycles.